The van der Waals surface area contributed by atoms with Crippen molar-refractivity contribution in [1.29, 1.82) is 0 Å². The standard InChI is InChI=1S/C15H13NO4S/c1-21-15-8-3-2-7-14(15)20-10-13(17)11-5-4-6-12(9-11)16(18)19/h2-9H,10H2,1H3. The van der Waals surface area contributed by atoms with Gasteiger partial charge in [0.1, 0.15) is 5.75 Å². The van der Waals surface area contributed by atoms with Crippen molar-refractivity contribution in [3.8, 4) is 5.75 Å². The van der Waals surface area contributed by atoms with Crippen LogP contribution in [0.4, 0.5) is 5.69 Å². The van der Waals surface area contributed by atoms with Crippen molar-refractivity contribution < 1.29 is 14.5 Å². The second-order valence-corrected chi connectivity index (χ2v) is 5.02. The lowest BCUT2D eigenvalue weighted by molar-refractivity contribution is -0.384. The Kier molecular flexibility index (Phi) is 4.94. The highest BCUT2D eigenvalue weighted by molar-refractivity contribution is 7.98. The Balaban J connectivity index is 2.08. The van der Waals surface area contributed by atoms with E-state index in [1.165, 1.54) is 30.0 Å². The fraction of sp³-hybridized carbons (Fsp3) is 0.133. The largest absolute Gasteiger partial charge is 0.484 e. The number of non-ortho nitro benzene ring substituents is 1. The van der Waals surface area contributed by atoms with Gasteiger partial charge in [-0.25, -0.2) is 0 Å². The predicted molar refractivity (Wildman–Crippen MR) is 81.1 cm³/mol. The highest BCUT2D eigenvalue weighted by Crippen LogP contribution is 2.27. The molecule has 0 aliphatic rings. The molecule has 0 aliphatic carbocycles. The number of ketones is 1. The van der Waals surface area contributed by atoms with Gasteiger partial charge in [-0.05, 0) is 18.4 Å². The number of benzene rings is 2. The molecule has 6 heteroatoms. The Hall–Kier alpha value is -2.34. The molecule has 0 aromatic heterocycles. The summed E-state index contributed by atoms with van der Waals surface area (Å²) < 4.78 is 5.50. The number of carbonyl (C=O) groups is 1. The van der Waals surface area contributed by atoms with Crippen LogP contribution in [0.5, 0.6) is 5.75 Å². The van der Waals surface area contributed by atoms with E-state index in [0.717, 1.165) is 4.90 Å². The van der Waals surface area contributed by atoms with E-state index in [1.807, 2.05) is 24.5 Å². The molecule has 0 fully saturated rings. The molecule has 5 nitrogen and oxygen atoms in total. The normalized spacial score (nSPS) is 10.1. The quantitative estimate of drug-likeness (QED) is 0.353. The molecule has 0 N–H and O–H groups in total. The summed E-state index contributed by atoms with van der Waals surface area (Å²) in [6.45, 7) is -0.154. The summed E-state index contributed by atoms with van der Waals surface area (Å²) >= 11 is 1.52. The van der Waals surface area contributed by atoms with Gasteiger partial charge in [-0.15, -0.1) is 11.8 Å². The van der Waals surface area contributed by atoms with Gasteiger partial charge in [0.05, 0.1) is 4.92 Å². The van der Waals surface area contributed by atoms with Crippen LogP contribution in [-0.4, -0.2) is 23.6 Å². The topological polar surface area (TPSA) is 69.4 Å². The lowest BCUT2D eigenvalue weighted by Crippen LogP contribution is -2.12. The third-order valence-corrected chi connectivity index (χ3v) is 3.58. The lowest BCUT2D eigenvalue weighted by atomic mass is 10.1. The number of nitro benzene ring substituents is 1. The van der Waals surface area contributed by atoms with E-state index in [1.54, 1.807) is 12.1 Å². The molecule has 0 spiro atoms. The molecule has 0 saturated heterocycles. The molecular weight excluding hydrogens is 290 g/mol. The minimum absolute atomic E-state index is 0.106. The first kappa shape index (κ1) is 15.1. The maximum Gasteiger partial charge on any atom is 0.270 e. The van der Waals surface area contributed by atoms with Gasteiger partial charge in [0.2, 0.25) is 0 Å². The number of nitro groups is 1. The van der Waals surface area contributed by atoms with Gasteiger partial charge < -0.3 is 4.74 Å². The minimum Gasteiger partial charge on any atom is -0.484 e. The number of para-hydroxylation sites is 1. The smallest absolute Gasteiger partial charge is 0.270 e. The number of carbonyl (C=O) groups excluding carboxylic acids is 1. The fourth-order valence-electron chi connectivity index (χ4n) is 1.76. The van der Waals surface area contributed by atoms with Crippen molar-refractivity contribution in [2.75, 3.05) is 12.9 Å². The average Bonchev–Trinajstić information content (AvgIpc) is 2.52. The molecule has 0 aliphatic heterocycles. The number of hydrogen-bond donors (Lipinski definition) is 0. The van der Waals surface area contributed by atoms with Crippen LogP contribution < -0.4 is 4.74 Å². The predicted octanol–water partition coefficient (Wildman–Crippen LogP) is 3.58. The van der Waals surface area contributed by atoms with E-state index in [-0.39, 0.29) is 23.6 Å². The second kappa shape index (κ2) is 6.90. The van der Waals surface area contributed by atoms with Crippen LogP contribution in [0.2, 0.25) is 0 Å². The van der Waals surface area contributed by atoms with Gasteiger partial charge in [-0.2, -0.15) is 0 Å². The summed E-state index contributed by atoms with van der Waals surface area (Å²) in [6, 6.07) is 13.0. The monoisotopic (exact) mass is 303 g/mol. The highest BCUT2D eigenvalue weighted by atomic mass is 32.2. The molecule has 0 heterocycles. The molecule has 0 bridgehead atoms. The number of thioether (sulfide) groups is 1. The molecule has 0 unspecified atom stereocenters. The number of hydrogen-bond acceptors (Lipinski definition) is 5. The van der Waals surface area contributed by atoms with E-state index in [4.69, 9.17) is 4.74 Å². The van der Waals surface area contributed by atoms with E-state index in [0.29, 0.717) is 5.75 Å². The van der Waals surface area contributed by atoms with Crippen molar-refractivity contribution in [3.63, 3.8) is 0 Å². The molecule has 0 atom stereocenters. The number of ether oxygens (including phenoxy) is 1. The molecule has 0 radical (unpaired) electrons. The zero-order valence-corrected chi connectivity index (χ0v) is 12.1. The van der Waals surface area contributed by atoms with Crippen LogP contribution >= 0.6 is 11.8 Å². The van der Waals surface area contributed by atoms with Crippen LogP contribution in [0, 0.1) is 10.1 Å². The highest BCUT2D eigenvalue weighted by Gasteiger charge is 2.12. The number of Topliss-reactive ketones (excluding diaryl/α,β-unsaturated/α-hetero) is 1. The third-order valence-electron chi connectivity index (χ3n) is 2.81. The summed E-state index contributed by atoms with van der Waals surface area (Å²) in [6.07, 6.45) is 1.92. The second-order valence-electron chi connectivity index (χ2n) is 4.17. The van der Waals surface area contributed by atoms with Crippen molar-refractivity contribution in [3.05, 3.63) is 64.2 Å². The van der Waals surface area contributed by atoms with Gasteiger partial charge in [0, 0.05) is 22.6 Å². The summed E-state index contributed by atoms with van der Waals surface area (Å²) in [7, 11) is 0. The molecule has 0 amide bonds. The van der Waals surface area contributed by atoms with Gasteiger partial charge in [0.25, 0.3) is 5.69 Å². The SMILES string of the molecule is CSc1ccccc1OCC(=O)c1cccc([N+](=O)[O-])c1. The first-order chi connectivity index (χ1) is 10.1. The van der Waals surface area contributed by atoms with E-state index >= 15 is 0 Å². The summed E-state index contributed by atoms with van der Waals surface area (Å²) in [4.78, 5) is 23.1. The van der Waals surface area contributed by atoms with Crippen LogP contribution in [0.25, 0.3) is 0 Å². The molecule has 2 aromatic carbocycles. The van der Waals surface area contributed by atoms with Crippen LogP contribution in [0.15, 0.2) is 53.4 Å². The van der Waals surface area contributed by atoms with E-state index in [2.05, 4.69) is 0 Å². The van der Waals surface area contributed by atoms with Crippen LogP contribution in [-0.2, 0) is 0 Å². The molecule has 0 saturated carbocycles. The molecule has 2 aromatic rings. The zero-order chi connectivity index (χ0) is 15.2. The summed E-state index contributed by atoms with van der Waals surface area (Å²) in [5, 5.41) is 10.7. The van der Waals surface area contributed by atoms with Crippen molar-refractivity contribution in [1.82, 2.24) is 0 Å². The van der Waals surface area contributed by atoms with Crippen molar-refractivity contribution in [2.24, 2.45) is 0 Å². The molecule has 2 rings (SSSR count). The Labute approximate surface area is 126 Å². The van der Waals surface area contributed by atoms with Crippen LogP contribution in [0.1, 0.15) is 10.4 Å². The van der Waals surface area contributed by atoms with E-state index < -0.39 is 4.92 Å². The minimum atomic E-state index is -0.527. The average molecular weight is 303 g/mol. The van der Waals surface area contributed by atoms with Crippen LogP contribution in [0.3, 0.4) is 0 Å². The van der Waals surface area contributed by atoms with Gasteiger partial charge in [-0.3, -0.25) is 14.9 Å². The molecular formula is C15H13NO4S. The summed E-state index contributed by atoms with van der Waals surface area (Å²) in [5.41, 5.74) is 0.163. The maximum atomic E-state index is 12.0. The lowest BCUT2D eigenvalue weighted by Gasteiger charge is -2.09. The maximum absolute atomic E-state index is 12.0. The Bertz CT molecular complexity index is 672. The number of rotatable bonds is 6. The van der Waals surface area contributed by atoms with Crippen molar-refractivity contribution in [2.45, 2.75) is 4.90 Å². The Morgan fingerprint density at radius 1 is 1.24 bits per heavy atom. The van der Waals surface area contributed by atoms with Gasteiger partial charge >= 0.3 is 0 Å². The Morgan fingerprint density at radius 3 is 2.71 bits per heavy atom. The van der Waals surface area contributed by atoms with Crippen molar-refractivity contribution >= 4 is 23.2 Å². The Morgan fingerprint density at radius 2 is 2.00 bits per heavy atom. The van der Waals surface area contributed by atoms with E-state index in [9.17, 15) is 14.9 Å². The first-order valence-corrected chi connectivity index (χ1v) is 7.38. The van der Waals surface area contributed by atoms with Gasteiger partial charge in [-0.1, -0.05) is 24.3 Å². The zero-order valence-electron chi connectivity index (χ0n) is 11.3. The molecule has 21 heavy (non-hydrogen) atoms. The van der Waals surface area contributed by atoms with Gasteiger partial charge in [0.15, 0.2) is 12.4 Å². The summed E-state index contributed by atoms with van der Waals surface area (Å²) in [5.74, 6) is 0.332. The fourth-order valence-corrected chi connectivity index (χ4v) is 2.30. The number of nitrogens with zero attached hydrogens (tertiary/aromatic N) is 1. The first-order valence-electron chi connectivity index (χ1n) is 6.15. The molecule has 108 valence electrons. The third kappa shape index (κ3) is 3.82.